The van der Waals surface area contributed by atoms with Crippen molar-refractivity contribution in [2.75, 3.05) is 0 Å². The molecule has 22 heavy (non-hydrogen) atoms. The van der Waals surface area contributed by atoms with Crippen molar-refractivity contribution < 1.29 is 4.39 Å². The molecule has 3 aromatic carbocycles. The molecule has 1 heterocycles. The molecule has 0 radical (unpaired) electrons. The summed E-state index contributed by atoms with van der Waals surface area (Å²) >= 11 is 0. The fraction of sp³-hybridized carbons (Fsp3) is 0.150. The average molecular weight is 287 g/mol. The molecule has 1 aliphatic carbocycles. The maximum absolute atomic E-state index is 13.8. The summed E-state index contributed by atoms with van der Waals surface area (Å²) in [5.74, 6) is -0.201. The van der Waals surface area contributed by atoms with Gasteiger partial charge in [0, 0.05) is 22.4 Å². The molecule has 1 nitrogen and oxygen atoms in total. The average Bonchev–Trinajstić information content (AvgIpc) is 2.76. The standard InChI is InChI=1S/C20H14FN/c1-20(2)15-5-3-4-12-14-10-11(21)6-7-13(14)19-18(17(12)15)16(20)8-9-22-19/h3-10H,1-2H3. The van der Waals surface area contributed by atoms with Gasteiger partial charge in [-0.05, 0) is 51.6 Å². The highest BCUT2D eigenvalue weighted by atomic mass is 19.1. The van der Waals surface area contributed by atoms with E-state index < -0.39 is 0 Å². The Morgan fingerprint density at radius 3 is 2.55 bits per heavy atom. The molecule has 2 heteroatoms. The Morgan fingerprint density at radius 2 is 1.68 bits per heavy atom. The van der Waals surface area contributed by atoms with Gasteiger partial charge in [0.25, 0.3) is 0 Å². The Morgan fingerprint density at radius 1 is 0.864 bits per heavy atom. The van der Waals surface area contributed by atoms with E-state index in [9.17, 15) is 4.39 Å². The van der Waals surface area contributed by atoms with E-state index in [0.717, 1.165) is 21.7 Å². The van der Waals surface area contributed by atoms with E-state index >= 15 is 0 Å². The van der Waals surface area contributed by atoms with Crippen LogP contribution in [0.4, 0.5) is 4.39 Å². The number of benzene rings is 3. The van der Waals surface area contributed by atoms with Gasteiger partial charge >= 0.3 is 0 Å². The lowest BCUT2D eigenvalue weighted by atomic mass is 9.82. The zero-order valence-electron chi connectivity index (χ0n) is 12.4. The summed E-state index contributed by atoms with van der Waals surface area (Å²) < 4.78 is 13.8. The Bertz CT molecular complexity index is 1110. The predicted octanol–water partition coefficient (Wildman–Crippen LogP) is 5.32. The van der Waals surface area contributed by atoms with E-state index in [0.29, 0.717) is 0 Å². The van der Waals surface area contributed by atoms with Crippen LogP contribution in [0.15, 0.2) is 48.7 Å². The lowest BCUT2D eigenvalue weighted by Crippen LogP contribution is -2.15. The largest absolute Gasteiger partial charge is 0.256 e. The van der Waals surface area contributed by atoms with Gasteiger partial charge in [0.2, 0.25) is 0 Å². The van der Waals surface area contributed by atoms with Crippen LogP contribution in [0.3, 0.4) is 0 Å². The first-order valence-corrected chi connectivity index (χ1v) is 7.52. The van der Waals surface area contributed by atoms with Gasteiger partial charge in [-0.3, -0.25) is 4.98 Å². The summed E-state index contributed by atoms with van der Waals surface area (Å²) in [6.45, 7) is 4.50. The molecule has 0 bridgehead atoms. The lowest BCUT2D eigenvalue weighted by molar-refractivity contribution is 0.630. The molecule has 0 saturated heterocycles. The maximum Gasteiger partial charge on any atom is 0.123 e. The molecule has 0 spiro atoms. The number of rotatable bonds is 0. The van der Waals surface area contributed by atoms with Crippen molar-refractivity contribution in [3.05, 3.63) is 65.6 Å². The summed E-state index contributed by atoms with van der Waals surface area (Å²) in [6, 6.07) is 13.5. The molecule has 0 fully saturated rings. The van der Waals surface area contributed by atoms with E-state index in [-0.39, 0.29) is 11.2 Å². The van der Waals surface area contributed by atoms with Crippen LogP contribution in [0.1, 0.15) is 25.0 Å². The van der Waals surface area contributed by atoms with Crippen LogP contribution in [0.2, 0.25) is 0 Å². The third-order valence-electron chi connectivity index (χ3n) is 5.14. The number of hydrogen-bond donors (Lipinski definition) is 0. The molecule has 5 rings (SSSR count). The minimum atomic E-state index is -0.201. The Labute approximate surface area is 127 Å². The van der Waals surface area contributed by atoms with Crippen LogP contribution in [0.5, 0.6) is 0 Å². The second kappa shape index (κ2) is 3.64. The zero-order chi connectivity index (χ0) is 15.1. The van der Waals surface area contributed by atoms with Gasteiger partial charge < -0.3 is 0 Å². The SMILES string of the molecule is CC1(C)c2cccc3c4cc(F)ccc4c4nccc1c4c23. The molecule has 0 unspecified atom stereocenters. The van der Waals surface area contributed by atoms with Crippen LogP contribution in [0.25, 0.3) is 32.4 Å². The van der Waals surface area contributed by atoms with Crippen molar-refractivity contribution in [3.8, 4) is 0 Å². The number of nitrogens with zero attached hydrogens (tertiary/aromatic N) is 1. The first kappa shape index (κ1) is 12.1. The van der Waals surface area contributed by atoms with Crippen molar-refractivity contribution in [1.29, 1.82) is 0 Å². The predicted molar refractivity (Wildman–Crippen MR) is 88.8 cm³/mol. The highest BCUT2D eigenvalue weighted by molar-refractivity contribution is 6.27. The van der Waals surface area contributed by atoms with Crippen LogP contribution in [-0.4, -0.2) is 4.98 Å². The molecule has 0 aliphatic heterocycles. The van der Waals surface area contributed by atoms with Gasteiger partial charge in [0.1, 0.15) is 5.82 Å². The summed E-state index contributed by atoms with van der Waals surface area (Å²) in [6.07, 6.45) is 1.87. The van der Waals surface area contributed by atoms with Crippen molar-refractivity contribution >= 4 is 32.4 Å². The maximum atomic E-state index is 13.8. The minimum Gasteiger partial charge on any atom is -0.256 e. The highest BCUT2D eigenvalue weighted by Crippen LogP contribution is 2.50. The van der Waals surface area contributed by atoms with E-state index in [4.69, 9.17) is 0 Å². The molecule has 1 aromatic heterocycles. The van der Waals surface area contributed by atoms with Crippen LogP contribution >= 0.6 is 0 Å². The fourth-order valence-electron chi connectivity index (χ4n) is 4.10. The number of halogens is 1. The topological polar surface area (TPSA) is 12.9 Å². The van der Waals surface area contributed by atoms with Crippen molar-refractivity contribution in [2.45, 2.75) is 19.3 Å². The van der Waals surface area contributed by atoms with Gasteiger partial charge in [-0.25, -0.2) is 4.39 Å². The third-order valence-corrected chi connectivity index (χ3v) is 5.14. The third kappa shape index (κ3) is 1.22. The fourth-order valence-corrected chi connectivity index (χ4v) is 4.10. The lowest BCUT2D eigenvalue weighted by Gasteiger charge is -2.21. The van der Waals surface area contributed by atoms with Crippen LogP contribution in [-0.2, 0) is 5.41 Å². The minimum absolute atomic E-state index is 0.0427. The van der Waals surface area contributed by atoms with Gasteiger partial charge in [0.15, 0.2) is 0 Å². The van der Waals surface area contributed by atoms with Gasteiger partial charge in [-0.2, -0.15) is 0 Å². The Balaban J connectivity index is 2.23. The molecule has 0 amide bonds. The first-order chi connectivity index (χ1) is 10.6. The van der Waals surface area contributed by atoms with Gasteiger partial charge in [-0.1, -0.05) is 32.0 Å². The van der Waals surface area contributed by atoms with Crippen molar-refractivity contribution in [2.24, 2.45) is 0 Å². The normalized spacial score (nSPS) is 15.4. The summed E-state index contributed by atoms with van der Waals surface area (Å²) in [5.41, 5.74) is 3.57. The quantitative estimate of drug-likeness (QED) is 0.399. The smallest absolute Gasteiger partial charge is 0.123 e. The molecule has 1 aliphatic rings. The highest BCUT2D eigenvalue weighted by Gasteiger charge is 2.34. The number of fused-ring (bicyclic) bond motifs is 3. The molecule has 0 saturated carbocycles. The van der Waals surface area contributed by atoms with Crippen LogP contribution < -0.4 is 0 Å². The van der Waals surface area contributed by atoms with Crippen molar-refractivity contribution in [3.63, 3.8) is 0 Å². The van der Waals surface area contributed by atoms with Crippen molar-refractivity contribution in [1.82, 2.24) is 4.98 Å². The van der Waals surface area contributed by atoms with E-state index in [2.05, 4.69) is 43.1 Å². The molecular weight excluding hydrogens is 273 g/mol. The Hall–Kier alpha value is -2.48. The number of hydrogen-bond acceptors (Lipinski definition) is 1. The van der Waals surface area contributed by atoms with E-state index in [1.54, 1.807) is 6.07 Å². The number of aromatic nitrogens is 1. The second-order valence-corrected chi connectivity index (χ2v) is 6.63. The van der Waals surface area contributed by atoms with Gasteiger partial charge in [-0.15, -0.1) is 0 Å². The summed E-state index contributed by atoms with van der Waals surface area (Å²) in [7, 11) is 0. The monoisotopic (exact) mass is 287 g/mol. The molecule has 4 aromatic rings. The summed E-state index contributed by atoms with van der Waals surface area (Å²) in [4.78, 5) is 4.63. The number of pyridine rings is 1. The summed E-state index contributed by atoms with van der Waals surface area (Å²) in [5, 5.41) is 5.58. The molecule has 0 atom stereocenters. The molecule has 106 valence electrons. The van der Waals surface area contributed by atoms with E-state index in [1.807, 2.05) is 12.3 Å². The second-order valence-electron chi connectivity index (χ2n) is 6.63. The molecular formula is C20H14FN. The molecule has 0 N–H and O–H groups in total. The zero-order valence-corrected chi connectivity index (χ0v) is 12.4. The van der Waals surface area contributed by atoms with Crippen LogP contribution in [0, 0.1) is 5.82 Å². The van der Waals surface area contributed by atoms with Gasteiger partial charge in [0.05, 0.1) is 5.52 Å². The first-order valence-electron chi connectivity index (χ1n) is 7.52. The Kier molecular flexibility index (Phi) is 2.00. The van der Waals surface area contributed by atoms with E-state index in [1.165, 1.54) is 28.0 Å².